The topological polar surface area (TPSA) is 26.0 Å². The van der Waals surface area contributed by atoms with Crippen LogP contribution in [0.4, 0.5) is 17.1 Å². The molecule has 11 aromatic rings. The fraction of sp³-hybridized carbons (Fsp3) is 0. The van der Waals surface area contributed by atoms with Crippen LogP contribution in [0, 0.1) is 0 Å². The predicted octanol–water partition coefficient (Wildman–Crippen LogP) is 11.2. The minimum absolute atomic E-state index is 0.00563. The molecule has 5 heterocycles. The lowest BCUT2D eigenvalue weighted by molar-refractivity contribution is 1.14. The van der Waals surface area contributed by atoms with Gasteiger partial charge in [-0.1, -0.05) is 133 Å². The van der Waals surface area contributed by atoms with E-state index in [-0.39, 0.29) is 6.71 Å². The van der Waals surface area contributed by atoms with Crippen LogP contribution in [-0.4, -0.2) is 20.8 Å². The molecular weight excluding hydrogens is 703 g/mol. The molecule has 0 fully saturated rings. The number of aromatic nitrogens is 3. The van der Waals surface area contributed by atoms with E-state index in [9.17, 15) is 0 Å². The number of hydrogen-bond donors (Lipinski definition) is 0. The smallest absolute Gasteiger partial charge is 0.252 e. The zero-order valence-electron chi connectivity index (χ0n) is 31.4. The summed E-state index contributed by atoms with van der Waals surface area (Å²) >= 11 is 0. The Kier molecular flexibility index (Phi) is 6.50. The zero-order valence-corrected chi connectivity index (χ0v) is 31.4. The SMILES string of the molecule is c1ccc(-c2ccc(N3c4ccc(-c5ccccc5)cc4B4c5c3cccc5-n3c5ccccc5c5c3c4cc3c4ccccc4n(-c4cccnc4)c35)cc2)cc1. The normalized spacial score (nSPS) is 12.8. The molecule has 13 rings (SSSR count). The second-order valence-electron chi connectivity index (χ2n) is 15.5. The molecule has 2 aliphatic heterocycles. The number of para-hydroxylation sites is 2. The van der Waals surface area contributed by atoms with Crippen molar-refractivity contribution in [2.24, 2.45) is 0 Å². The van der Waals surface area contributed by atoms with Gasteiger partial charge in [-0.25, -0.2) is 0 Å². The summed E-state index contributed by atoms with van der Waals surface area (Å²) in [5.41, 5.74) is 19.6. The van der Waals surface area contributed by atoms with E-state index in [0.717, 1.165) is 11.4 Å². The number of fused-ring (bicyclic) bond motifs is 11. The van der Waals surface area contributed by atoms with Gasteiger partial charge < -0.3 is 14.0 Å². The molecule has 8 aromatic carbocycles. The highest BCUT2D eigenvalue weighted by atomic mass is 15.2. The van der Waals surface area contributed by atoms with E-state index in [1.807, 2.05) is 18.5 Å². The summed E-state index contributed by atoms with van der Waals surface area (Å²) in [7, 11) is 0. The Balaban J connectivity index is 1.17. The van der Waals surface area contributed by atoms with Gasteiger partial charge in [0.1, 0.15) is 0 Å². The molecule has 0 radical (unpaired) electrons. The van der Waals surface area contributed by atoms with Crippen LogP contribution in [0.25, 0.3) is 77.2 Å². The number of rotatable bonds is 4. The third-order valence-corrected chi connectivity index (χ3v) is 12.6. The first-order chi connectivity index (χ1) is 28.8. The van der Waals surface area contributed by atoms with E-state index in [2.05, 4.69) is 201 Å². The Morgan fingerprint density at radius 1 is 0.397 bits per heavy atom. The van der Waals surface area contributed by atoms with Gasteiger partial charge in [0.25, 0.3) is 6.71 Å². The molecule has 5 heteroatoms. The van der Waals surface area contributed by atoms with Crippen LogP contribution in [-0.2, 0) is 0 Å². The quantitative estimate of drug-likeness (QED) is 0.168. The van der Waals surface area contributed by atoms with Crippen molar-refractivity contribution >= 4 is 83.8 Å². The van der Waals surface area contributed by atoms with Gasteiger partial charge in [-0.15, -0.1) is 0 Å². The molecule has 0 unspecified atom stereocenters. The summed E-state index contributed by atoms with van der Waals surface area (Å²) in [6.07, 6.45) is 3.84. The maximum Gasteiger partial charge on any atom is 0.252 e. The monoisotopic (exact) mass is 736 g/mol. The van der Waals surface area contributed by atoms with Gasteiger partial charge in [-0.2, -0.15) is 0 Å². The van der Waals surface area contributed by atoms with Crippen molar-refractivity contribution < 1.29 is 0 Å². The highest BCUT2D eigenvalue weighted by molar-refractivity contribution is 7.00. The van der Waals surface area contributed by atoms with E-state index in [4.69, 9.17) is 0 Å². The van der Waals surface area contributed by atoms with Gasteiger partial charge >= 0.3 is 0 Å². The summed E-state index contributed by atoms with van der Waals surface area (Å²) in [5.74, 6) is 0. The lowest BCUT2D eigenvalue weighted by Crippen LogP contribution is -2.60. The van der Waals surface area contributed by atoms with Crippen LogP contribution in [0.2, 0.25) is 0 Å². The van der Waals surface area contributed by atoms with Crippen LogP contribution in [0.5, 0.6) is 0 Å². The molecule has 2 aliphatic rings. The maximum absolute atomic E-state index is 4.60. The predicted molar refractivity (Wildman–Crippen MR) is 243 cm³/mol. The van der Waals surface area contributed by atoms with Crippen molar-refractivity contribution in [1.82, 2.24) is 14.1 Å². The largest absolute Gasteiger partial charge is 0.311 e. The van der Waals surface area contributed by atoms with Gasteiger partial charge in [-0.3, -0.25) is 4.98 Å². The molecule has 0 N–H and O–H groups in total. The molecule has 0 saturated carbocycles. The third-order valence-electron chi connectivity index (χ3n) is 12.6. The number of nitrogens with zero attached hydrogens (tertiary/aromatic N) is 4. The minimum Gasteiger partial charge on any atom is -0.311 e. The van der Waals surface area contributed by atoms with E-state index >= 15 is 0 Å². The Bertz CT molecular complexity index is 3440. The van der Waals surface area contributed by atoms with Crippen LogP contribution in [0.1, 0.15) is 0 Å². The van der Waals surface area contributed by atoms with Crippen LogP contribution >= 0.6 is 0 Å². The molecule has 268 valence electrons. The maximum atomic E-state index is 4.60. The second-order valence-corrected chi connectivity index (χ2v) is 15.5. The fourth-order valence-electron chi connectivity index (χ4n) is 10.2. The first kappa shape index (κ1) is 31.6. The number of pyridine rings is 1. The number of hydrogen-bond acceptors (Lipinski definition) is 2. The summed E-state index contributed by atoms with van der Waals surface area (Å²) in [5, 5.41) is 5.02. The van der Waals surface area contributed by atoms with Crippen LogP contribution in [0.15, 0.2) is 200 Å². The lowest BCUT2D eigenvalue weighted by atomic mass is 9.33. The highest BCUT2D eigenvalue weighted by Gasteiger charge is 2.43. The second kappa shape index (κ2) is 11.9. The third kappa shape index (κ3) is 4.27. The first-order valence-corrected chi connectivity index (χ1v) is 20.0. The van der Waals surface area contributed by atoms with Crippen molar-refractivity contribution in [3.05, 3.63) is 200 Å². The first-order valence-electron chi connectivity index (χ1n) is 20.0. The van der Waals surface area contributed by atoms with Crippen molar-refractivity contribution in [3.63, 3.8) is 0 Å². The molecule has 4 nitrogen and oxygen atoms in total. The molecule has 0 spiro atoms. The molecule has 0 amide bonds. The number of anilines is 3. The van der Waals surface area contributed by atoms with Gasteiger partial charge in [0.15, 0.2) is 0 Å². The van der Waals surface area contributed by atoms with Crippen molar-refractivity contribution in [2.45, 2.75) is 0 Å². The van der Waals surface area contributed by atoms with E-state index < -0.39 is 0 Å². The Morgan fingerprint density at radius 3 is 1.81 bits per heavy atom. The Hall–Kier alpha value is -7.63. The van der Waals surface area contributed by atoms with Crippen molar-refractivity contribution in [1.29, 1.82) is 0 Å². The van der Waals surface area contributed by atoms with Crippen molar-refractivity contribution in [2.75, 3.05) is 4.90 Å². The van der Waals surface area contributed by atoms with Gasteiger partial charge in [0.2, 0.25) is 0 Å². The summed E-state index contributed by atoms with van der Waals surface area (Å²) in [6, 6.07) is 69.2. The average Bonchev–Trinajstić information content (AvgIpc) is 3.82. The average molecular weight is 737 g/mol. The van der Waals surface area contributed by atoms with E-state index in [1.165, 1.54) is 99.3 Å². The summed E-state index contributed by atoms with van der Waals surface area (Å²) in [6.45, 7) is -0.00563. The molecule has 0 atom stereocenters. The number of benzene rings is 8. The molecule has 58 heavy (non-hydrogen) atoms. The Morgan fingerprint density at radius 2 is 1.05 bits per heavy atom. The van der Waals surface area contributed by atoms with Crippen LogP contribution in [0.3, 0.4) is 0 Å². The molecule has 0 bridgehead atoms. The summed E-state index contributed by atoms with van der Waals surface area (Å²) in [4.78, 5) is 7.09. The molecule has 0 saturated heterocycles. The molecular formula is C53H33BN4. The van der Waals surface area contributed by atoms with Crippen molar-refractivity contribution in [3.8, 4) is 33.6 Å². The van der Waals surface area contributed by atoms with Gasteiger partial charge in [0, 0.05) is 50.5 Å². The van der Waals surface area contributed by atoms with E-state index in [0.29, 0.717) is 0 Å². The zero-order chi connectivity index (χ0) is 37.9. The summed E-state index contributed by atoms with van der Waals surface area (Å²) < 4.78 is 4.99. The lowest BCUT2D eigenvalue weighted by Gasteiger charge is -2.40. The standard InChI is InChI=1S/C53H33BN4/c1-3-13-34(14-4-1)36-24-27-38(28-25-36)56-47-29-26-37(35-15-5-2-6-16-35)31-43(47)54-44-32-42-40-18-7-9-20-45(40)57(39-17-12-30-55-33-39)52(42)50-41-19-8-10-21-46(41)58(53(44)50)49-23-11-22-48(56)51(49)54/h1-33H. The van der Waals surface area contributed by atoms with Crippen LogP contribution < -0.4 is 21.3 Å². The minimum atomic E-state index is -0.00563. The Labute approximate surface area is 335 Å². The molecule has 0 aliphatic carbocycles. The van der Waals surface area contributed by atoms with Gasteiger partial charge in [0.05, 0.1) is 34.0 Å². The fourth-order valence-corrected chi connectivity index (χ4v) is 10.2. The highest BCUT2D eigenvalue weighted by Crippen LogP contribution is 2.45. The van der Waals surface area contributed by atoms with Gasteiger partial charge in [-0.05, 0) is 93.2 Å². The molecule has 3 aromatic heterocycles. The van der Waals surface area contributed by atoms with E-state index in [1.54, 1.807) is 0 Å².